The summed E-state index contributed by atoms with van der Waals surface area (Å²) in [6.45, 7) is 9.95. The number of carbonyl (C=O) groups is 4. The molecule has 1 N–H and O–H groups in total. The van der Waals surface area contributed by atoms with Crippen LogP contribution in [0.4, 0.5) is 10.5 Å². The van der Waals surface area contributed by atoms with Gasteiger partial charge in [0.1, 0.15) is 17.3 Å². The van der Waals surface area contributed by atoms with E-state index in [1.165, 1.54) is 0 Å². The van der Waals surface area contributed by atoms with Crippen molar-refractivity contribution in [3.8, 4) is 11.3 Å². The topological polar surface area (TPSA) is 131 Å². The number of carbonyl (C=O) groups excluding carboxylic acids is 4. The Morgan fingerprint density at radius 2 is 1.69 bits per heavy atom. The summed E-state index contributed by atoms with van der Waals surface area (Å²) in [5.74, 6) is -1.32. The van der Waals surface area contributed by atoms with Crippen molar-refractivity contribution in [2.45, 2.75) is 64.7 Å². The second-order valence-corrected chi connectivity index (χ2v) is 12.2. The van der Waals surface area contributed by atoms with Crippen molar-refractivity contribution >= 4 is 29.6 Å². The third-order valence-corrected chi connectivity index (χ3v) is 7.73. The average molecular weight is 624 g/mol. The van der Waals surface area contributed by atoms with E-state index in [2.05, 4.69) is 15.2 Å². The van der Waals surface area contributed by atoms with Crippen LogP contribution in [-0.4, -0.2) is 109 Å². The van der Waals surface area contributed by atoms with Gasteiger partial charge >= 0.3 is 12.1 Å². The molecule has 0 unspecified atom stereocenters. The molecule has 2 atom stereocenters. The van der Waals surface area contributed by atoms with E-state index in [0.29, 0.717) is 25.3 Å². The molecule has 2 aromatic rings. The molecule has 12 heteroatoms. The number of piperazine rings is 1. The normalized spacial score (nSPS) is 17.5. The largest absolute Gasteiger partial charge is 0.460 e. The number of rotatable bonds is 10. The van der Waals surface area contributed by atoms with Crippen molar-refractivity contribution < 1.29 is 33.4 Å². The number of anilines is 1. The van der Waals surface area contributed by atoms with Crippen molar-refractivity contribution in [2.24, 2.45) is 0 Å². The zero-order valence-electron chi connectivity index (χ0n) is 26.9. The molecule has 244 valence electrons. The summed E-state index contributed by atoms with van der Waals surface area (Å²) >= 11 is 0. The van der Waals surface area contributed by atoms with Gasteiger partial charge < -0.3 is 34.2 Å². The van der Waals surface area contributed by atoms with E-state index in [9.17, 15) is 19.2 Å². The number of esters is 1. The van der Waals surface area contributed by atoms with Crippen molar-refractivity contribution in [1.29, 1.82) is 0 Å². The quantitative estimate of drug-likeness (QED) is 0.395. The molecule has 2 aliphatic heterocycles. The molecular weight excluding hydrogens is 578 g/mol. The Kier molecular flexibility index (Phi) is 11.4. The number of ether oxygens (including phenoxy) is 3. The predicted octanol–water partition coefficient (Wildman–Crippen LogP) is 3.49. The highest BCUT2D eigenvalue weighted by Gasteiger charge is 2.32. The van der Waals surface area contributed by atoms with Crippen molar-refractivity contribution in [2.75, 3.05) is 57.9 Å². The summed E-state index contributed by atoms with van der Waals surface area (Å²) in [7, 11) is 1.69. The Hall–Kier alpha value is -4.19. The number of hydrogen-bond acceptors (Lipinski definition) is 9. The first-order chi connectivity index (χ1) is 21.5. The number of hydrogen-bond donors (Lipinski definition) is 1. The van der Waals surface area contributed by atoms with Crippen molar-refractivity contribution in [3.05, 3.63) is 48.2 Å². The molecule has 0 bridgehead atoms. The number of nitrogens with one attached hydrogen (secondary N) is 1. The number of methoxy groups -OCH3 is 1. The lowest BCUT2D eigenvalue weighted by atomic mass is 10.1. The van der Waals surface area contributed by atoms with Gasteiger partial charge in [0.2, 0.25) is 5.91 Å². The van der Waals surface area contributed by atoms with Gasteiger partial charge in [-0.1, -0.05) is 30.3 Å². The van der Waals surface area contributed by atoms with Gasteiger partial charge in [0.15, 0.2) is 0 Å². The van der Waals surface area contributed by atoms with Crippen LogP contribution in [0.15, 0.2) is 42.5 Å². The van der Waals surface area contributed by atoms with Crippen LogP contribution in [0.5, 0.6) is 0 Å². The first kappa shape index (κ1) is 33.7. The first-order valence-corrected chi connectivity index (χ1v) is 15.6. The summed E-state index contributed by atoms with van der Waals surface area (Å²) in [6.07, 6.45) is 0.520. The second kappa shape index (κ2) is 15.2. The van der Waals surface area contributed by atoms with Gasteiger partial charge in [-0.25, -0.2) is 9.78 Å². The second-order valence-electron chi connectivity index (χ2n) is 12.2. The Labute approximate surface area is 265 Å². The molecule has 0 saturated carbocycles. The van der Waals surface area contributed by atoms with Gasteiger partial charge in [0.05, 0.1) is 18.4 Å². The Morgan fingerprint density at radius 1 is 1.00 bits per heavy atom. The molecule has 0 aliphatic carbocycles. The number of benzene rings is 1. The Morgan fingerprint density at radius 3 is 2.31 bits per heavy atom. The number of pyridine rings is 1. The molecule has 2 saturated heterocycles. The summed E-state index contributed by atoms with van der Waals surface area (Å²) in [6, 6.07) is 12.3. The fraction of sp³-hybridized carbons (Fsp3) is 0.545. The lowest BCUT2D eigenvalue weighted by molar-refractivity contribution is -0.155. The minimum absolute atomic E-state index is 0.0461. The van der Waals surface area contributed by atoms with E-state index >= 15 is 0 Å². The maximum Gasteiger partial charge on any atom is 0.409 e. The highest BCUT2D eigenvalue weighted by Crippen LogP contribution is 2.28. The summed E-state index contributed by atoms with van der Waals surface area (Å²) in [4.78, 5) is 62.4. The predicted molar refractivity (Wildman–Crippen MR) is 169 cm³/mol. The molecule has 3 heterocycles. The number of nitrogens with zero attached hydrogens (tertiary/aromatic N) is 4. The third-order valence-electron chi connectivity index (χ3n) is 7.73. The zero-order chi connectivity index (χ0) is 32.6. The molecule has 45 heavy (non-hydrogen) atoms. The highest BCUT2D eigenvalue weighted by molar-refractivity contribution is 5.97. The van der Waals surface area contributed by atoms with Crippen LogP contribution in [0.3, 0.4) is 0 Å². The fourth-order valence-corrected chi connectivity index (χ4v) is 5.42. The molecule has 4 rings (SSSR count). The smallest absolute Gasteiger partial charge is 0.409 e. The molecule has 0 radical (unpaired) electrons. The Balaban J connectivity index is 1.56. The molecule has 2 fully saturated rings. The summed E-state index contributed by atoms with van der Waals surface area (Å²) in [5, 5.41) is 2.87. The molecular formula is C33H45N5O7. The molecule has 12 nitrogen and oxygen atoms in total. The van der Waals surface area contributed by atoms with Crippen LogP contribution in [0.25, 0.3) is 11.3 Å². The van der Waals surface area contributed by atoms with E-state index < -0.39 is 29.6 Å². The zero-order valence-corrected chi connectivity index (χ0v) is 26.9. The molecule has 2 aliphatic rings. The molecule has 0 spiro atoms. The number of amides is 3. The highest BCUT2D eigenvalue weighted by atomic mass is 16.6. The van der Waals surface area contributed by atoms with Crippen LogP contribution in [0.2, 0.25) is 0 Å². The minimum Gasteiger partial charge on any atom is -0.460 e. The SMILES string of the molecule is CCOC(=O)N1CCN(C(=O)[C@H](CCC(=O)OC(C)(C)C)NC(=O)c2cc(N3CC[C@H](OC)C3)cc(-c3ccccc3)n2)CC1. The van der Waals surface area contributed by atoms with Gasteiger partial charge in [0, 0.05) is 64.0 Å². The van der Waals surface area contributed by atoms with Crippen LogP contribution in [0, 0.1) is 0 Å². The third kappa shape index (κ3) is 9.40. The van der Waals surface area contributed by atoms with Crippen LogP contribution in [0.1, 0.15) is 57.4 Å². The van der Waals surface area contributed by atoms with Crippen LogP contribution in [-0.2, 0) is 23.8 Å². The fourth-order valence-electron chi connectivity index (χ4n) is 5.42. The average Bonchev–Trinajstić information content (AvgIpc) is 3.52. The van der Waals surface area contributed by atoms with Gasteiger partial charge in [-0.15, -0.1) is 0 Å². The van der Waals surface area contributed by atoms with E-state index in [-0.39, 0.29) is 50.2 Å². The maximum atomic E-state index is 13.8. The molecule has 1 aromatic carbocycles. The number of aromatic nitrogens is 1. The molecule has 3 amide bonds. The van der Waals surface area contributed by atoms with Gasteiger partial charge in [-0.05, 0) is 52.7 Å². The monoisotopic (exact) mass is 623 g/mol. The van der Waals surface area contributed by atoms with Crippen LogP contribution >= 0.6 is 0 Å². The first-order valence-electron chi connectivity index (χ1n) is 15.6. The standard InChI is InChI=1S/C33H45N5O7/c1-6-44-32(42)37-18-16-36(17-19-37)31(41)26(12-13-29(39)45-33(2,3)4)35-30(40)28-21-24(38-15-14-25(22-38)43-5)20-27(34-28)23-10-8-7-9-11-23/h7-11,20-21,25-26H,6,12-19,22H2,1-5H3,(H,35,40)/t25-,26-/m0/s1. The van der Waals surface area contributed by atoms with E-state index in [1.54, 1.807) is 50.7 Å². The maximum absolute atomic E-state index is 13.8. The Bertz CT molecular complexity index is 1340. The van der Waals surface area contributed by atoms with E-state index in [4.69, 9.17) is 14.2 Å². The van der Waals surface area contributed by atoms with Crippen molar-refractivity contribution in [3.63, 3.8) is 0 Å². The van der Waals surface area contributed by atoms with Crippen molar-refractivity contribution in [1.82, 2.24) is 20.1 Å². The van der Waals surface area contributed by atoms with Gasteiger partial charge in [-0.3, -0.25) is 14.4 Å². The molecule has 1 aromatic heterocycles. The lowest BCUT2D eigenvalue weighted by Gasteiger charge is -2.36. The minimum atomic E-state index is -1.01. The van der Waals surface area contributed by atoms with Gasteiger partial charge in [0.25, 0.3) is 5.91 Å². The van der Waals surface area contributed by atoms with E-state index in [0.717, 1.165) is 24.2 Å². The van der Waals surface area contributed by atoms with E-state index in [1.807, 2.05) is 36.4 Å². The summed E-state index contributed by atoms with van der Waals surface area (Å²) < 4.78 is 16.1. The van der Waals surface area contributed by atoms with Crippen LogP contribution < -0.4 is 10.2 Å². The lowest BCUT2D eigenvalue weighted by Crippen LogP contribution is -2.56. The summed E-state index contributed by atoms with van der Waals surface area (Å²) in [5.41, 5.74) is 1.80. The van der Waals surface area contributed by atoms with Gasteiger partial charge in [-0.2, -0.15) is 0 Å².